The molecule has 7 heteroatoms. The van der Waals surface area contributed by atoms with E-state index in [2.05, 4.69) is 15.2 Å². The van der Waals surface area contributed by atoms with Crippen molar-refractivity contribution in [2.24, 2.45) is 5.92 Å². The number of amides is 2. The van der Waals surface area contributed by atoms with Crippen LogP contribution >= 0.6 is 0 Å². The van der Waals surface area contributed by atoms with E-state index in [1.165, 1.54) is 32.1 Å². The number of hydrogen-bond donors (Lipinski definition) is 2. The van der Waals surface area contributed by atoms with E-state index >= 15 is 0 Å². The smallest absolute Gasteiger partial charge is 0.237 e. The van der Waals surface area contributed by atoms with E-state index in [1.54, 1.807) is 12.4 Å². The predicted molar refractivity (Wildman–Crippen MR) is 118 cm³/mol. The maximum Gasteiger partial charge on any atom is 0.237 e. The minimum absolute atomic E-state index is 0.0313. The summed E-state index contributed by atoms with van der Waals surface area (Å²) >= 11 is 0. The fourth-order valence-electron chi connectivity index (χ4n) is 5.52. The van der Waals surface area contributed by atoms with Crippen molar-refractivity contribution in [2.75, 3.05) is 19.6 Å². The molecule has 0 unspecified atom stereocenters. The highest BCUT2D eigenvalue weighted by atomic mass is 16.3. The van der Waals surface area contributed by atoms with Crippen LogP contribution in [0.3, 0.4) is 0 Å². The van der Waals surface area contributed by atoms with Gasteiger partial charge in [0.1, 0.15) is 0 Å². The first-order valence-corrected chi connectivity index (χ1v) is 12.0. The predicted octanol–water partition coefficient (Wildman–Crippen LogP) is 2.09. The number of β-amino-alcohol motifs (C(OH)–C–C–N with tert-alkyl or cyclic N) is 1. The van der Waals surface area contributed by atoms with Gasteiger partial charge < -0.3 is 15.3 Å². The molecular weight excluding hydrogens is 392 g/mol. The lowest BCUT2D eigenvalue weighted by Crippen LogP contribution is -2.52. The molecule has 2 aliphatic heterocycles. The zero-order chi connectivity index (χ0) is 21.6. The first-order chi connectivity index (χ1) is 15.1. The van der Waals surface area contributed by atoms with Crippen molar-refractivity contribution in [2.45, 2.75) is 82.5 Å². The molecule has 3 heterocycles. The topological polar surface area (TPSA) is 85.8 Å². The molecule has 1 aromatic heterocycles. The standard InChI is InChI=1S/C24H36N4O3/c29-21-14-22(24(31)26-16-19-7-4-10-25-15-19)28(17-21)20-8-11-27(12-9-20)23(30)13-18-5-2-1-3-6-18/h4,7,10,15,18,20-22,29H,1-3,5-6,8-9,11-14,16-17H2,(H,26,31)/t21-,22+/m1/s1. The molecule has 7 nitrogen and oxygen atoms in total. The van der Waals surface area contributed by atoms with Crippen LogP contribution in [0.4, 0.5) is 0 Å². The van der Waals surface area contributed by atoms with E-state index < -0.39 is 6.10 Å². The summed E-state index contributed by atoms with van der Waals surface area (Å²) in [5.74, 6) is 0.842. The Morgan fingerprint density at radius 2 is 1.90 bits per heavy atom. The lowest BCUT2D eigenvalue weighted by molar-refractivity contribution is -0.135. The SMILES string of the molecule is O=C(NCc1cccnc1)[C@@H]1C[C@@H](O)CN1C1CCN(C(=O)CC2CCCCC2)CC1. The number of rotatable bonds is 6. The number of carbonyl (C=O) groups excluding carboxylic acids is 2. The van der Waals surface area contributed by atoms with Gasteiger partial charge in [-0.2, -0.15) is 0 Å². The fraction of sp³-hybridized carbons (Fsp3) is 0.708. The summed E-state index contributed by atoms with van der Waals surface area (Å²) in [5, 5.41) is 13.3. The van der Waals surface area contributed by atoms with Crippen molar-refractivity contribution < 1.29 is 14.7 Å². The average molecular weight is 429 g/mol. The van der Waals surface area contributed by atoms with Crippen LogP contribution in [0.15, 0.2) is 24.5 Å². The van der Waals surface area contributed by atoms with Crippen LogP contribution < -0.4 is 5.32 Å². The van der Waals surface area contributed by atoms with E-state index in [-0.39, 0.29) is 18.0 Å². The number of hydrogen-bond acceptors (Lipinski definition) is 5. The Morgan fingerprint density at radius 3 is 2.61 bits per heavy atom. The Kier molecular flexibility index (Phi) is 7.56. The summed E-state index contributed by atoms with van der Waals surface area (Å²) < 4.78 is 0. The summed E-state index contributed by atoms with van der Waals surface area (Å²) in [6.07, 6.45) is 12.1. The second-order valence-electron chi connectivity index (χ2n) is 9.50. The maximum atomic E-state index is 12.9. The van der Waals surface area contributed by atoms with Crippen molar-refractivity contribution in [1.29, 1.82) is 0 Å². The molecule has 2 atom stereocenters. The maximum absolute atomic E-state index is 12.9. The number of aromatic nitrogens is 1. The molecule has 1 aliphatic carbocycles. The third kappa shape index (κ3) is 5.83. The monoisotopic (exact) mass is 428 g/mol. The number of nitrogens with zero attached hydrogens (tertiary/aromatic N) is 3. The van der Waals surface area contributed by atoms with Gasteiger partial charge in [-0.3, -0.25) is 19.5 Å². The molecule has 0 radical (unpaired) electrons. The second-order valence-corrected chi connectivity index (χ2v) is 9.50. The quantitative estimate of drug-likeness (QED) is 0.725. The number of aliphatic hydroxyl groups excluding tert-OH is 1. The lowest BCUT2D eigenvalue weighted by atomic mass is 9.86. The number of aliphatic hydroxyl groups is 1. The summed E-state index contributed by atoms with van der Waals surface area (Å²) in [6.45, 7) is 2.49. The van der Waals surface area contributed by atoms with Gasteiger partial charge in [-0.05, 0) is 49.7 Å². The fourth-order valence-corrected chi connectivity index (χ4v) is 5.52. The van der Waals surface area contributed by atoms with Crippen molar-refractivity contribution >= 4 is 11.8 Å². The molecule has 2 N–H and O–H groups in total. The van der Waals surface area contributed by atoms with Gasteiger partial charge in [-0.25, -0.2) is 0 Å². The molecule has 0 aromatic carbocycles. The summed E-state index contributed by atoms with van der Waals surface area (Å²) in [5.41, 5.74) is 0.964. The Morgan fingerprint density at radius 1 is 1.13 bits per heavy atom. The van der Waals surface area contributed by atoms with Crippen molar-refractivity contribution in [3.63, 3.8) is 0 Å². The van der Waals surface area contributed by atoms with Crippen molar-refractivity contribution in [3.05, 3.63) is 30.1 Å². The van der Waals surface area contributed by atoms with Gasteiger partial charge in [-0.15, -0.1) is 0 Å². The molecule has 3 aliphatic rings. The largest absolute Gasteiger partial charge is 0.392 e. The van der Waals surface area contributed by atoms with Crippen LogP contribution in [0.2, 0.25) is 0 Å². The average Bonchev–Trinajstić information content (AvgIpc) is 3.20. The Labute approximate surface area is 185 Å². The van der Waals surface area contributed by atoms with Gasteiger partial charge in [-0.1, -0.05) is 25.3 Å². The molecule has 31 heavy (non-hydrogen) atoms. The van der Waals surface area contributed by atoms with E-state index in [0.29, 0.717) is 37.8 Å². The Bertz CT molecular complexity index is 730. The zero-order valence-electron chi connectivity index (χ0n) is 18.4. The number of carbonyl (C=O) groups is 2. The minimum atomic E-state index is -0.472. The van der Waals surface area contributed by atoms with Crippen molar-refractivity contribution in [1.82, 2.24) is 20.1 Å². The van der Waals surface area contributed by atoms with Gasteiger partial charge in [0.05, 0.1) is 12.1 Å². The molecule has 2 saturated heterocycles. The summed E-state index contributed by atoms with van der Waals surface area (Å²) in [7, 11) is 0. The van der Waals surface area contributed by atoms with Crippen molar-refractivity contribution in [3.8, 4) is 0 Å². The third-order valence-corrected chi connectivity index (χ3v) is 7.28. The van der Waals surface area contributed by atoms with Gasteiger partial charge in [0.2, 0.25) is 11.8 Å². The van der Waals surface area contributed by atoms with Gasteiger partial charge in [0.15, 0.2) is 0 Å². The molecule has 1 aromatic rings. The van der Waals surface area contributed by atoms with Crippen LogP contribution in [0, 0.1) is 5.92 Å². The van der Waals surface area contributed by atoms with E-state index in [9.17, 15) is 14.7 Å². The summed E-state index contributed by atoms with van der Waals surface area (Å²) in [6, 6.07) is 3.73. The molecular formula is C24H36N4O3. The zero-order valence-corrected chi connectivity index (χ0v) is 18.4. The Hall–Kier alpha value is -1.99. The van der Waals surface area contributed by atoms with Crippen LogP contribution in [-0.2, 0) is 16.1 Å². The van der Waals surface area contributed by atoms with E-state index in [4.69, 9.17) is 0 Å². The normalized spacial score (nSPS) is 26.2. The number of piperidine rings is 1. The van der Waals surface area contributed by atoms with Gasteiger partial charge in [0, 0.05) is 51.0 Å². The number of pyridine rings is 1. The third-order valence-electron chi connectivity index (χ3n) is 7.28. The first kappa shape index (κ1) is 22.2. The second kappa shape index (κ2) is 10.6. The van der Waals surface area contributed by atoms with E-state index in [0.717, 1.165) is 31.5 Å². The molecule has 2 amide bonds. The van der Waals surface area contributed by atoms with Crippen LogP contribution in [0.1, 0.15) is 63.4 Å². The van der Waals surface area contributed by atoms with Gasteiger partial charge in [0.25, 0.3) is 0 Å². The first-order valence-electron chi connectivity index (χ1n) is 12.0. The highest BCUT2D eigenvalue weighted by molar-refractivity contribution is 5.82. The summed E-state index contributed by atoms with van der Waals surface area (Å²) in [4.78, 5) is 33.9. The van der Waals surface area contributed by atoms with Crippen LogP contribution in [0.5, 0.6) is 0 Å². The molecule has 0 bridgehead atoms. The van der Waals surface area contributed by atoms with Crippen LogP contribution in [0.25, 0.3) is 0 Å². The molecule has 4 rings (SSSR count). The highest BCUT2D eigenvalue weighted by Gasteiger charge is 2.41. The number of nitrogens with one attached hydrogen (secondary N) is 1. The highest BCUT2D eigenvalue weighted by Crippen LogP contribution is 2.29. The van der Waals surface area contributed by atoms with Crippen LogP contribution in [-0.4, -0.2) is 69.5 Å². The molecule has 170 valence electrons. The van der Waals surface area contributed by atoms with E-state index in [1.807, 2.05) is 17.0 Å². The molecule has 1 saturated carbocycles. The van der Waals surface area contributed by atoms with Gasteiger partial charge >= 0.3 is 0 Å². The Balaban J connectivity index is 1.27. The number of likely N-dealkylation sites (tertiary alicyclic amines) is 2. The minimum Gasteiger partial charge on any atom is -0.392 e. The molecule has 0 spiro atoms. The lowest BCUT2D eigenvalue weighted by Gasteiger charge is -2.39. The molecule has 3 fully saturated rings.